The van der Waals surface area contributed by atoms with E-state index in [1.807, 2.05) is 85.1 Å². The summed E-state index contributed by atoms with van der Waals surface area (Å²) in [7, 11) is 0. The molecule has 0 saturated heterocycles. The summed E-state index contributed by atoms with van der Waals surface area (Å²) in [5.41, 5.74) is 2.66. The predicted octanol–water partition coefficient (Wildman–Crippen LogP) is 6.81. The fraction of sp³-hybridized carbons (Fsp3) is 0.192. The van der Waals surface area contributed by atoms with E-state index in [-0.39, 0.29) is 18.3 Å². The molecule has 0 spiro atoms. The van der Waals surface area contributed by atoms with Crippen molar-refractivity contribution in [3.05, 3.63) is 87.1 Å². The van der Waals surface area contributed by atoms with E-state index in [1.54, 1.807) is 0 Å². The number of halogens is 2. The minimum Gasteiger partial charge on any atom is -0.490 e. The molecule has 0 saturated carbocycles. The van der Waals surface area contributed by atoms with Gasteiger partial charge in [-0.05, 0) is 77.8 Å². The predicted molar refractivity (Wildman–Crippen MR) is 149 cm³/mol. The fourth-order valence-electron chi connectivity index (χ4n) is 3.38. The summed E-state index contributed by atoms with van der Waals surface area (Å²) in [6.07, 6.45) is 0. The van der Waals surface area contributed by atoms with Crippen LogP contribution in [0, 0.1) is 6.92 Å². The number of nitrogens with zero attached hydrogens (tertiary/aromatic N) is 3. The number of para-hydroxylation sites is 1. The van der Waals surface area contributed by atoms with Crippen molar-refractivity contribution < 1.29 is 14.3 Å². The molecule has 186 valence electrons. The van der Waals surface area contributed by atoms with Crippen LogP contribution in [0.4, 0.5) is 5.69 Å². The van der Waals surface area contributed by atoms with Gasteiger partial charge in [0, 0.05) is 14.6 Å². The molecule has 0 fully saturated rings. The van der Waals surface area contributed by atoms with Crippen molar-refractivity contribution in [3.63, 3.8) is 0 Å². The summed E-state index contributed by atoms with van der Waals surface area (Å²) < 4.78 is 15.4. The molecule has 10 heteroatoms. The number of carbonyl (C=O) groups is 1. The molecule has 4 aromatic rings. The maximum Gasteiger partial charge on any atom is 0.234 e. The van der Waals surface area contributed by atoms with E-state index in [9.17, 15) is 4.79 Å². The molecule has 4 rings (SSSR count). The summed E-state index contributed by atoms with van der Waals surface area (Å²) in [5.74, 6) is 1.95. The van der Waals surface area contributed by atoms with E-state index in [0.29, 0.717) is 34.8 Å². The SMILES string of the molecule is CCOc1cc(C)ccc1OCc1nnc(SCC(=O)Nc2cc(Br)ccc2Br)n1-c1ccccc1. The second kappa shape index (κ2) is 12.4. The van der Waals surface area contributed by atoms with Crippen LogP contribution in [0.1, 0.15) is 18.3 Å². The van der Waals surface area contributed by atoms with Gasteiger partial charge in [-0.1, -0.05) is 52.0 Å². The lowest BCUT2D eigenvalue weighted by Crippen LogP contribution is -2.15. The summed E-state index contributed by atoms with van der Waals surface area (Å²) in [6, 6.07) is 21.2. The van der Waals surface area contributed by atoms with E-state index in [0.717, 1.165) is 20.2 Å². The molecule has 7 nitrogen and oxygen atoms in total. The number of thioether (sulfide) groups is 1. The highest BCUT2D eigenvalue weighted by Gasteiger charge is 2.18. The smallest absolute Gasteiger partial charge is 0.234 e. The number of amides is 1. The van der Waals surface area contributed by atoms with Crippen molar-refractivity contribution in [2.75, 3.05) is 17.7 Å². The van der Waals surface area contributed by atoms with Gasteiger partial charge in [-0.3, -0.25) is 9.36 Å². The van der Waals surface area contributed by atoms with E-state index < -0.39 is 0 Å². The van der Waals surface area contributed by atoms with Gasteiger partial charge in [-0.25, -0.2) is 0 Å². The van der Waals surface area contributed by atoms with Crippen LogP contribution in [-0.2, 0) is 11.4 Å². The Hall–Kier alpha value is -2.82. The molecule has 0 aliphatic rings. The van der Waals surface area contributed by atoms with Gasteiger partial charge in [0.05, 0.1) is 18.0 Å². The summed E-state index contributed by atoms with van der Waals surface area (Å²) in [5, 5.41) is 12.2. The van der Waals surface area contributed by atoms with Crippen LogP contribution in [0.25, 0.3) is 5.69 Å². The van der Waals surface area contributed by atoms with Crippen molar-refractivity contribution in [2.45, 2.75) is 25.6 Å². The molecule has 1 N–H and O–H groups in total. The van der Waals surface area contributed by atoms with Gasteiger partial charge in [0.1, 0.15) is 6.61 Å². The highest BCUT2D eigenvalue weighted by molar-refractivity contribution is 9.11. The number of rotatable bonds is 10. The molecule has 36 heavy (non-hydrogen) atoms. The summed E-state index contributed by atoms with van der Waals surface area (Å²) in [4.78, 5) is 12.7. The van der Waals surface area contributed by atoms with Crippen molar-refractivity contribution in [1.82, 2.24) is 14.8 Å². The second-order valence-electron chi connectivity index (χ2n) is 7.70. The average Bonchev–Trinajstić information content (AvgIpc) is 3.28. The molecule has 3 aromatic carbocycles. The molecule has 0 radical (unpaired) electrons. The van der Waals surface area contributed by atoms with Crippen molar-refractivity contribution in [1.29, 1.82) is 0 Å². The van der Waals surface area contributed by atoms with E-state index in [4.69, 9.17) is 9.47 Å². The number of nitrogens with one attached hydrogen (secondary N) is 1. The Balaban J connectivity index is 1.52. The van der Waals surface area contributed by atoms with Gasteiger partial charge in [0.2, 0.25) is 5.91 Å². The van der Waals surface area contributed by atoms with E-state index in [2.05, 4.69) is 47.4 Å². The number of anilines is 1. The van der Waals surface area contributed by atoms with Crippen LogP contribution >= 0.6 is 43.6 Å². The van der Waals surface area contributed by atoms with Gasteiger partial charge in [-0.15, -0.1) is 10.2 Å². The molecular weight excluding hydrogens is 608 g/mol. The minimum atomic E-state index is -0.153. The van der Waals surface area contributed by atoms with Gasteiger partial charge in [0.25, 0.3) is 0 Å². The number of hydrogen-bond acceptors (Lipinski definition) is 6. The Morgan fingerprint density at radius 2 is 1.81 bits per heavy atom. The molecule has 0 bridgehead atoms. The lowest BCUT2D eigenvalue weighted by molar-refractivity contribution is -0.113. The highest BCUT2D eigenvalue weighted by Crippen LogP contribution is 2.30. The van der Waals surface area contributed by atoms with Gasteiger partial charge < -0.3 is 14.8 Å². The standard InChI is InChI=1S/C26H24Br2N4O3S/c1-3-34-23-13-17(2)9-12-22(23)35-15-24-30-31-26(32(24)19-7-5-4-6-8-19)36-16-25(33)29-21-14-18(27)10-11-20(21)28/h4-14H,3,15-16H2,1-2H3,(H,29,33). The first-order valence-electron chi connectivity index (χ1n) is 11.2. The maximum absolute atomic E-state index is 12.7. The van der Waals surface area contributed by atoms with Gasteiger partial charge in [0.15, 0.2) is 22.5 Å². The number of carbonyl (C=O) groups excluding carboxylic acids is 1. The Kier molecular flexibility index (Phi) is 9.06. The number of benzene rings is 3. The summed E-state index contributed by atoms with van der Waals surface area (Å²) >= 11 is 8.20. The normalized spacial score (nSPS) is 10.8. The minimum absolute atomic E-state index is 0.153. The Bertz CT molecular complexity index is 1350. The summed E-state index contributed by atoms with van der Waals surface area (Å²) in [6.45, 7) is 4.67. The van der Waals surface area contributed by atoms with Gasteiger partial charge >= 0.3 is 0 Å². The fourth-order valence-corrected chi connectivity index (χ4v) is 4.86. The van der Waals surface area contributed by atoms with Crippen LogP contribution in [0.3, 0.4) is 0 Å². The van der Waals surface area contributed by atoms with Crippen LogP contribution < -0.4 is 14.8 Å². The lowest BCUT2D eigenvalue weighted by atomic mass is 10.2. The topological polar surface area (TPSA) is 78.3 Å². The van der Waals surface area contributed by atoms with Crippen LogP contribution in [0.15, 0.2) is 80.8 Å². The van der Waals surface area contributed by atoms with E-state index in [1.165, 1.54) is 11.8 Å². The molecular formula is C26H24Br2N4O3S. The zero-order valence-electron chi connectivity index (χ0n) is 19.7. The second-order valence-corrected chi connectivity index (χ2v) is 10.4. The molecule has 0 atom stereocenters. The third kappa shape index (κ3) is 6.68. The van der Waals surface area contributed by atoms with Crippen LogP contribution in [-0.4, -0.2) is 33.0 Å². The zero-order valence-corrected chi connectivity index (χ0v) is 23.7. The zero-order chi connectivity index (χ0) is 25.5. The monoisotopic (exact) mass is 630 g/mol. The first-order valence-corrected chi connectivity index (χ1v) is 13.8. The quantitative estimate of drug-likeness (QED) is 0.194. The molecule has 1 amide bonds. The average molecular weight is 632 g/mol. The van der Waals surface area contributed by atoms with Crippen LogP contribution in [0.5, 0.6) is 11.5 Å². The molecule has 1 heterocycles. The van der Waals surface area contributed by atoms with Crippen molar-refractivity contribution in [3.8, 4) is 17.2 Å². The third-order valence-electron chi connectivity index (χ3n) is 5.01. The number of ether oxygens (including phenoxy) is 2. The maximum atomic E-state index is 12.7. The highest BCUT2D eigenvalue weighted by atomic mass is 79.9. The first kappa shape index (κ1) is 26.2. The molecule has 0 aliphatic heterocycles. The van der Waals surface area contributed by atoms with Crippen LogP contribution in [0.2, 0.25) is 0 Å². The van der Waals surface area contributed by atoms with E-state index >= 15 is 0 Å². The molecule has 1 aromatic heterocycles. The Morgan fingerprint density at radius 3 is 2.58 bits per heavy atom. The number of aryl methyl sites for hydroxylation is 1. The number of hydrogen-bond donors (Lipinski definition) is 1. The Morgan fingerprint density at radius 1 is 1.00 bits per heavy atom. The van der Waals surface area contributed by atoms with Crippen molar-refractivity contribution >= 4 is 55.2 Å². The van der Waals surface area contributed by atoms with Crippen molar-refractivity contribution in [2.24, 2.45) is 0 Å². The lowest BCUT2D eigenvalue weighted by Gasteiger charge is -2.14. The molecule has 0 aliphatic carbocycles. The number of aromatic nitrogens is 3. The Labute approximate surface area is 230 Å². The largest absolute Gasteiger partial charge is 0.490 e. The first-order chi connectivity index (χ1) is 17.4. The molecule has 0 unspecified atom stereocenters. The van der Waals surface area contributed by atoms with Gasteiger partial charge in [-0.2, -0.15) is 0 Å². The third-order valence-corrected chi connectivity index (χ3v) is 7.12.